The minimum absolute atomic E-state index is 0.0834. The van der Waals surface area contributed by atoms with Crippen molar-refractivity contribution in [3.8, 4) is 0 Å². The number of aliphatic imine (C=N–C) groups is 1. The molecule has 1 atom stereocenters. The van der Waals surface area contributed by atoms with Gasteiger partial charge in [0.2, 0.25) is 0 Å². The van der Waals surface area contributed by atoms with Gasteiger partial charge in [0.1, 0.15) is 6.10 Å². The zero-order chi connectivity index (χ0) is 22.1. The van der Waals surface area contributed by atoms with Gasteiger partial charge in [-0.05, 0) is 43.4 Å². The van der Waals surface area contributed by atoms with Crippen molar-refractivity contribution in [2.45, 2.75) is 64.6 Å². The minimum Gasteiger partial charge on any atom is -0.368 e. The van der Waals surface area contributed by atoms with Crippen molar-refractivity contribution in [2.24, 2.45) is 4.99 Å². The second kappa shape index (κ2) is 11.5. The number of ether oxygens (including phenoxy) is 1. The number of amides is 1. The molecule has 168 valence electrons. The average molecular weight is 428 g/mol. The third kappa shape index (κ3) is 6.55. The molecule has 31 heavy (non-hydrogen) atoms. The average Bonchev–Trinajstić information content (AvgIpc) is 3.48. The number of hydrogen-bond acceptors (Lipinski definition) is 5. The lowest BCUT2D eigenvalue weighted by molar-refractivity contribution is -0.124. The molecule has 8 nitrogen and oxygen atoms in total. The monoisotopic (exact) mass is 427 g/mol. The van der Waals surface area contributed by atoms with Crippen LogP contribution in [0.25, 0.3) is 0 Å². The van der Waals surface area contributed by atoms with Gasteiger partial charge in [0.15, 0.2) is 11.7 Å². The lowest BCUT2D eigenvalue weighted by atomic mass is 9.99. The molecular weight excluding hydrogens is 394 g/mol. The molecule has 1 aliphatic rings. The Hall–Kier alpha value is -2.87. The van der Waals surface area contributed by atoms with Crippen molar-refractivity contribution in [1.82, 2.24) is 15.8 Å². The fourth-order valence-corrected chi connectivity index (χ4v) is 3.66. The summed E-state index contributed by atoms with van der Waals surface area (Å²) in [7, 11) is 1.73. The smallest absolute Gasteiger partial charge is 0.253 e. The van der Waals surface area contributed by atoms with Crippen LogP contribution in [0.5, 0.6) is 0 Å². The highest BCUT2D eigenvalue weighted by molar-refractivity contribution is 5.94. The zero-order valence-electron chi connectivity index (χ0n) is 18.6. The normalized spacial score (nSPS) is 16.5. The van der Waals surface area contributed by atoms with Crippen molar-refractivity contribution >= 4 is 17.6 Å². The number of guanidine groups is 1. The van der Waals surface area contributed by atoms with Crippen LogP contribution in [-0.4, -0.2) is 36.8 Å². The van der Waals surface area contributed by atoms with Gasteiger partial charge in [0.05, 0.1) is 12.2 Å². The Kier molecular flexibility index (Phi) is 8.46. The standard InChI is InChI=1S/C23H33N5O3/c1-4-17(5-2)20-13-19(31-28-20)15-26-23(24-3)25-14-16-8-6-9-18(12-16)27-22(29)21-10-7-11-30-21/h6,8-9,12-13,17,21H,4-5,7,10-11,14-15H2,1-3H3,(H,27,29)(H2,24,25,26). The van der Waals surface area contributed by atoms with Crippen LogP contribution in [0.1, 0.15) is 62.5 Å². The van der Waals surface area contributed by atoms with E-state index in [4.69, 9.17) is 9.26 Å². The van der Waals surface area contributed by atoms with Crippen LogP contribution in [0.3, 0.4) is 0 Å². The van der Waals surface area contributed by atoms with E-state index in [0.717, 1.165) is 48.4 Å². The molecule has 2 aromatic rings. The molecular formula is C23H33N5O3. The molecule has 1 aromatic heterocycles. The molecule has 0 saturated carbocycles. The van der Waals surface area contributed by atoms with E-state index in [-0.39, 0.29) is 12.0 Å². The van der Waals surface area contributed by atoms with E-state index in [1.54, 1.807) is 7.05 Å². The molecule has 0 bridgehead atoms. The number of benzene rings is 1. The van der Waals surface area contributed by atoms with Gasteiger partial charge in [0, 0.05) is 37.9 Å². The Labute approximate surface area is 183 Å². The van der Waals surface area contributed by atoms with E-state index in [0.29, 0.717) is 31.6 Å². The van der Waals surface area contributed by atoms with Gasteiger partial charge in [-0.3, -0.25) is 9.79 Å². The van der Waals surface area contributed by atoms with Crippen LogP contribution in [-0.2, 0) is 22.6 Å². The SMILES string of the molecule is CCC(CC)c1cc(CNC(=NC)NCc2cccc(NC(=O)C3CCCO3)c2)on1. The Morgan fingerprint density at radius 1 is 1.23 bits per heavy atom. The maximum Gasteiger partial charge on any atom is 0.253 e. The van der Waals surface area contributed by atoms with Crippen LogP contribution in [0, 0.1) is 0 Å². The Balaban J connectivity index is 1.48. The van der Waals surface area contributed by atoms with Gasteiger partial charge in [-0.25, -0.2) is 0 Å². The summed E-state index contributed by atoms with van der Waals surface area (Å²) < 4.78 is 10.9. The second-order valence-electron chi connectivity index (χ2n) is 7.70. The van der Waals surface area contributed by atoms with Crippen LogP contribution < -0.4 is 16.0 Å². The summed E-state index contributed by atoms with van der Waals surface area (Å²) >= 11 is 0. The van der Waals surface area contributed by atoms with Gasteiger partial charge in [-0.1, -0.05) is 31.1 Å². The number of hydrogen-bond donors (Lipinski definition) is 3. The highest BCUT2D eigenvalue weighted by Gasteiger charge is 2.23. The highest BCUT2D eigenvalue weighted by Crippen LogP contribution is 2.22. The van der Waals surface area contributed by atoms with Gasteiger partial charge in [0.25, 0.3) is 5.91 Å². The molecule has 1 aliphatic heterocycles. The number of aromatic nitrogens is 1. The molecule has 3 N–H and O–H groups in total. The van der Waals surface area contributed by atoms with Crippen molar-refractivity contribution in [1.29, 1.82) is 0 Å². The summed E-state index contributed by atoms with van der Waals surface area (Å²) in [6.07, 6.45) is 3.46. The Bertz CT molecular complexity index is 870. The maximum absolute atomic E-state index is 12.2. The quantitative estimate of drug-likeness (QED) is 0.418. The van der Waals surface area contributed by atoms with E-state index < -0.39 is 0 Å². The van der Waals surface area contributed by atoms with E-state index in [1.807, 2.05) is 30.3 Å². The lowest BCUT2D eigenvalue weighted by Crippen LogP contribution is -2.36. The largest absolute Gasteiger partial charge is 0.368 e. The van der Waals surface area contributed by atoms with Gasteiger partial charge in [-0.15, -0.1) is 0 Å². The molecule has 0 spiro atoms. The summed E-state index contributed by atoms with van der Waals surface area (Å²) in [6, 6.07) is 9.76. The van der Waals surface area contributed by atoms with E-state index in [9.17, 15) is 4.79 Å². The Morgan fingerprint density at radius 2 is 2.03 bits per heavy atom. The van der Waals surface area contributed by atoms with Crippen molar-refractivity contribution in [3.05, 3.63) is 47.3 Å². The molecule has 1 amide bonds. The fourth-order valence-electron chi connectivity index (χ4n) is 3.66. The predicted octanol–water partition coefficient (Wildman–Crippen LogP) is 3.56. The third-order valence-corrected chi connectivity index (χ3v) is 5.51. The number of rotatable bonds is 9. The van der Waals surface area contributed by atoms with Crippen LogP contribution >= 0.6 is 0 Å². The van der Waals surface area contributed by atoms with Crippen LogP contribution in [0.2, 0.25) is 0 Å². The Morgan fingerprint density at radius 3 is 2.74 bits per heavy atom. The van der Waals surface area contributed by atoms with Crippen molar-refractivity contribution in [2.75, 3.05) is 19.0 Å². The molecule has 1 saturated heterocycles. The van der Waals surface area contributed by atoms with Crippen molar-refractivity contribution in [3.63, 3.8) is 0 Å². The maximum atomic E-state index is 12.2. The number of carbonyl (C=O) groups excluding carboxylic acids is 1. The molecule has 8 heteroatoms. The predicted molar refractivity (Wildman–Crippen MR) is 121 cm³/mol. The summed E-state index contributed by atoms with van der Waals surface area (Å²) in [5.74, 6) is 1.79. The molecule has 1 aromatic carbocycles. The van der Waals surface area contributed by atoms with Crippen LogP contribution in [0.15, 0.2) is 39.8 Å². The second-order valence-corrected chi connectivity index (χ2v) is 7.70. The molecule has 1 fully saturated rings. The van der Waals surface area contributed by atoms with E-state index in [2.05, 4.69) is 39.9 Å². The van der Waals surface area contributed by atoms with Gasteiger partial charge < -0.3 is 25.2 Å². The van der Waals surface area contributed by atoms with E-state index in [1.165, 1.54) is 0 Å². The molecule has 0 radical (unpaired) electrons. The first kappa shape index (κ1) is 22.8. The molecule has 2 heterocycles. The molecule has 1 unspecified atom stereocenters. The third-order valence-electron chi connectivity index (χ3n) is 5.51. The summed E-state index contributed by atoms with van der Waals surface area (Å²) in [6.45, 7) is 6.05. The lowest BCUT2D eigenvalue weighted by Gasteiger charge is -2.13. The number of anilines is 1. The highest BCUT2D eigenvalue weighted by atomic mass is 16.5. The topological polar surface area (TPSA) is 101 Å². The first-order chi connectivity index (χ1) is 15.1. The van der Waals surface area contributed by atoms with Crippen molar-refractivity contribution < 1.29 is 14.1 Å². The summed E-state index contributed by atoms with van der Waals surface area (Å²) in [5.41, 5.74) is 2.80. The van der Waals surface area contributed by atoms with E-state index >= 15 is 0 Å². The number of carbonyl (C=O) groups is 1. The van der Waals surface area contributed by atoms with Gasteiger partial charge >= 0.3 is 0 Å². The van der Waals surface area contributed by atoms with Crippen LogP contribution in [0.4, 0.5) is 5.69 Å². The zero-order valence-corrected chi connectivity index (χ0v) is 18.6. The first-order valence-electron chi connectivity index (χ1n) is 11.0. The number of nitrogens with one attached hydrogen (secondary N) is 3. The fraction of sp³-hybridized carbons (Fsp3) is 0.522. The van der Waals surface area contributed by atoms with Gasteiger partial charge in [-0.2, -0.15) is 0 Å². The first-order valence-corrected chi connectivity index (χ1v) is 11.0. The molecule has 3 rings (SSSR count). The summed E-state index contributed by atoms with van der Waals surface area (Å²) in [5, 5.41) is 13.7. The molecule has 0 aliphatic carbocycles. The summed E-state index contributed by atoms with van der Waals surface area (Å²) in [4.78, 5) is 16.5. The minimum atomic E-state index is -0.341. The number of nitrogens with zero attached hydrogens (tertiary/aromatic N) is 2.